The summed E-state index contributed by atoms with van der Waals surface area (Å²) in [6.45, 7) is 8.12. The molecule has 0 saturated carbocycles. The van der Waals surface area contributed by atoms with Crippen LogP contribution in [0.2, 0.25) is 5.02 Å². The van der Waals surface area contributed by atoms with E-state index in [9.17, 15) is 13.2 Å². The largest absolute Gasteiger partial charge is 0.346 e. The highest BCUT2D eigenvalue weighted by Gasteiger charge is 2.22. The first-order chi connectivity index (χ1) is 15.0. The van der Waals surface area contributed by atoms with E-state index in [-0.39, 0.29) is 16.8 Å². The molecule has 0 saturated heterocycles. The Morgan fingerprint density at radius 2 is 1.47 bits per heavy atom. The molecule has 1 amide bonds. The van der Waals surface area contributed by atoms with E-state index in [2.05, 4.69) is 31.3 Å². The second-order valence-electron chi connectivity index (χ2n) is 7.96. The van der Waals surface area contributed by atoms with Crippen LogP contribution in [-0.2, 0) is 10.0 Å². The standard InChI is InChI=1S/C25H27ClN2O3S/c1-16-14-18(3)24(15-17(16)2)19(4)27-25(29)20-6-10-22(11-7-20)28(5)32(30,31)23-12-8-21(26)9-13-23/h6-15,19H,1-5H3,(H,27,29). The fourth-order valence-electron chi connectivity index (χ4n) is 3.53. The molecule has 168 valence electrons. The van der Waals surface area contributed by atoms with Crippen LogP contribution in [0.1, 0.15) is 45.6 Å². The van der Waals surface area contributed by atoms with Crippen LogP contribution in [-0.4, -0.2) is 21.4 Å². The van der Waals surface area contributed by atoms with Crippen LogP contribution in [0, 0.1) is 20.8 Å². The molecule has 1 unspecified atom stereocenters. The number of nitrogens with one attached hydrogen (secondary N) is 1. The quantitative estimate of drug-likeness (QED) is 0.511. The molecule has 32 heavy (non-hydrogen) atoms. The van der Waals surface area contributed by atoms with E-state index in [1.165, 1.54) is 46.7 Å². The van der Waals surface area contributed by atoms with Crippen molar-refractivity contribution in [1.29, 1.82) is 0 Å². The molecule has 5 nitrogen and oxygen atoms in total. The minimum absolute atomic E-state index is 0.142. The average molecular weight is 471 g/mol. The Morgan fingerprint density at radius 1 is 0.906 bits per heavy atom. The van der Waals surface area contributed by atoms with Crippen LogP contribution in [0.25, 0.3) is 0 Å². The number of halogens is 1. The number of aryl methyl sites for hydroxylation is 3. The highest BCUT2D eigenvalue weighted by Crippen LogP contribution is 2.25. The second kappa shape index (κ2) is 9.35. The number of carbonyl (C=O) groups excluding carboxylic acids is 1. The van der Waals surface area contributed by atoms with E-state index < -0.39 is 10.0 Å². The smallest absolute Gasteiger partial charge is 0.264 e. The number of rotatable bonds is 6. The van der Waals surface area contributed by atoms with E-state index in [0.717, 1.165) is 11.1 Å². The van der Waals surface area contributed by atoms with Gasteiger partial charge in [-0.25, -0.2) is 8.42 Å². The average Bonchev–Trinajstić information content (AvgIpc) is 2.76. The summed E-state index contributed by atoms with van der Waals surface area (Å²) >= 11 is 5.86. The van der Waals surface area contributed by atoms with Gasteiger partial charge in [0, 0.05) is 17.6 Å². The van der Waals surface area contributed by atoms with Crippen LogP contribution < -0.4 is 9.62 Å². The minimum atomic E-state index is -3.74. The zero-order chi connectivity index (χ0) is 23.6. The highest BCUT2D eigenvalue weighted by atomic mass is 35.5. The van der Waals surface area contributed by atoms with Crippen LogP contribution in [0.4, 0.5) is 5.69 Å². The third kappa shape index (κ3) is 4.97. The first-order valence-electron chi connectivity index (χ1n) is 10.2. The van der Waals surface area contributed by atoms with Crippen molar-refractivity contribution in [2.24, 2.45) is 0 Å². The molecule has 0 aliphatic carbocycles. The third-order valence-corrected chi connectivity index (χ3v) is 7.71. The number of amides is 1. The topological polar surface area (TPSA) is 66.5 Å². The zero-order valence-electron chi connectivity index (χ0n) is 18.8. The maximum Gasteiger partial charge on any atom is 0.264 e. The number of benzene rings is 3. The van der Waals surface area contributed by atoms with Gasteiger partial charge in [0.05, 0.1) is 16.6 Å². The van der Waals surface area contributed by atoms with Gasteiger partial charge < -0.3 is 5.32 Å². The molecule has 0 spiro atoms. The van der Waals surface area contributed by atoms with Crippen molar-refractivity contribution in [2.75, 3.05) is 11.4 Å². The molecular formula is C25H27ClN2O3S. The van der Waals surface area contributed by atoms with Crippen molar-refractivity contribution < 1.29 is 13.2 Å². The van der Waals surface area contributed by atoms with E-state index in [0.29, 0.717) is 16.3 Å². The normalized spacial score (nSPS) is 12.3. The Bertz CT molecular complexity index is 1240. The molecule has 1 atom stereocenters. The van der Waals surface area contributed by atoms with Gasteiger partial charge in [0.15, 0.2) is 0 Å². The number of nitrogens with zero attached hydrogens (tertiary/aromatic N) is 1. The van der Waals surface area contributed by atoms with Gasteiger partial charge in [-0.05, 0) is 98.5 Å². The molecule has 0 radical (unpaired) electrons. The first-order valence-corrected chi connectivity index (χ1v) is 12.1. The Kier molecular flexibility index (Phi) is 6.96. The first kappa shape index (κ1) is 23.8. The molecule has 0 aromatic heterocycles. The number of sulfonamides is 1. The Hall–Kier alpha value is -2.83. The van der Waals surface area contributed by atoms with Crippen molar-refractivity contribution in [2.45, 2.75) is 38.6 Å². The summed E-state index contributed by atoms with van der Waals surface area (Å²) in [5.41, 5.74) is 5.52. The Labute approximate surface area is 195 Å². The number of hydrogen-bond acceptors (Lipinski definition) is 3. The summed E-state index contributed by atoms with van der Waals surface area (Å²) in [7, 11) is -2.26. The molecule has 7 heteroatoms. The summed E-state index contributed by atoms with van der Waals surface area (Å²) in [5.74, 6) is -0.218. The van der Waals surface area contributed by atoms with E-state index in [1.807, 2.05) is 13.8 Å². The van der Waals surface area contributed by atoms with Crippen molar-refractivity contribution >= 4 is 33.2 Å². The molecule has 0 heterocycles. The van der Waals surface area contributed by atoms with E-state index in [1.54, 1.807) is 24.3 Å². The van der Waals surface area contributed by atoms with E-state index >= 15 is 0 Å². The summed E-state index contributed by atoms with van der Waals surface area (Å²) in [6, 6.07) is 16.6. The van der Waals surface area contributed by atoms with Crippen LogP contribution in [0.15, 0.2) is 65.6 Å². The van der Waals surface area contributed by atoms with Gasteiger partial charge in [0.2, 0.25) is 0 Å². The van der Waals surface area contributed by atoms with Gasteiger partial charge in [-0.15, -0.1) is 0 Å². The van der Waals surface area contributed by atoms with Crippen LogP contribution in [0.5, 0.6) is 0 Å². The van der Waals surface area contributed by atoms with Gasteiger partial charge in [0.1, 0.15) is 0 Å². The number of carbonyl (C=O) groups is 1. The molecule has 3 aromatic rings. The maximum atomic E-state index is 12.9. The predicted molar refractivity (Wildman–Crippen MR) is 130 cm³/mol. The number of hydrogen-bond donors (Lipinski definition) is 1. The maximum absolute atomic E-state index is 12.9. The monoisotopic (exact) mass is 470 g/mol. The SMILES string of the molecule is Cc1cc(C)c(C(C)NC(=O)c2ccc(N(C)S(=O)(=O)c3ccc(Cl)cc3)cc2)cc1C. The van der Waals surface area contributed by atoms with Crippen molar-refractivity contribution in [1.82, 2.24) is 5.32 Å². The van der Waals surface area contributed by atoms with Gasteiger partial charge in [-0.3, -0.25) is 9.10 Å². The Balaban J connectivity index is 1.75. The fraction of sp³-hybridized carbons (Fsp3) is 0.240. The lowest BCUT2D eigenvalue weighted by Crippen LogP contribution is -2.28. The lowest BCUT2D eigenvalue weighted by atomic mass is 9.96. The molecule has 0 fully saturated rings. The molecule has 1 N–H and O–H groups in total. The molecule has 0 aliphatic heterocycles. The zero-order valence-corrected chi connectivity index (χ0v) is 20.4. The lowest BCUT2D eigenvalue weighted by Gasteiger charge is -2.20. The molecular weight excluding hydrogens is 444 g/mol. The van der Waals surface area contributed by atoms with Gasteiger partial charge in [-0.1, -0.05) is 23.7 Å². The van der Waals surface area contributed by atoms with Crippen LogP contribution >= 0.6 is 11.6 Å². The minimum Gasteiger partial charge on any atom is -0.346 e. The molecule has 0 aliphatic rings. The van der Waals surface area contributed by atoms with Crippen LogP contribution in [0.3, 0.4) is 0 Å². The molecule has 0 bridgehead atoms. The number of anilines is 1. The Morgan fingerprint density at radius 3 is 2.06 bits per heavy atom. The molecule has 3 rings (SSSR count). The fourth-order valence-corrected chi connectivity index (χ4v) is 4.85. The second-order valence-corrected chi connectivity index (χ2v) is 10.4. The van der Waals surface area contributed by atoms with Crippen molar-refractivity contribution in [3.05, 3.63) is 93.5 Å². The lowest BCUT2D eigenvalue weighted by molar-refractivity contribution is 0.0940. The van der Waals surface area contributed by atoms with E-state index in [4.69, 9.17) is 11.6 Å². The summed E-state index contributed by atoms with van der Waals surface area (Å²) in [4.78, 5) is 12.9. The summed E-state index contributed by atoms with van der Waals surface area (Å²) in [5, 5.41) is 3.49. The highest BCUT2D eigenvalue weighted by molar-refractivity contribution is 7.92. The van der Waals surface area contributed by atoms with Crippen molar-refractivity contribution in [3.63, 3.8) is 0 Å². The van der Waals surface area contributed by atoms with Gasteiger partial charge >= 0.3 is 0 Å². The van der Waals surface area contributed by atoms with Gasteiger partial charge in [-0.2, -0.15) is 0 Å². The van der Waals surface area contributed by atoms with Gasteiger partial charge in [0.25, 0.3) is 15.9 Å². The van der Waals surface area contributed by atoms with Crippen molar-refractivity contribution in [3.8, 4) is 0 Å². The molecule has 3 aromatic carbocycles. The predicted octanol–water partition coefficient (Wildman–Crippen LogP) is 5.58. The third-order valence-electron chi connectivity index (χ3n) is 5.66. The summed E-state index contributed by atoms with van der Waals surface area (Å²) < 4.78 is 26.9. The summed E-state index contributed by atoms with van der Waals surface area (Å²) in [6.07, 6.45) is 0.